The Kier molecular flexibility index (Phi) is 5.98. The summed E-state index contributed by atoms with van der Waals surface area (Å²) in [6.07, 6.45) is -9.70. The van der Waals surface area contributed by atoms with Gasteiger partial charge in [0, 0.05) is 23.7 Å². The molecule has 1 aromatic carbocycles. The number of amidine groups is 1. The number of hydrogen-bond donors (Lipinski definition) is 2. The van der Waals surface area contributed by atoms with E-state index in [-0.39, 0.29) is 5.69 Å². The van der Waals surface area contributed by atoms with E-state index in [1.165, 1.54) is 0 Å². The highest BCUT2D eigenvalue weighted by Gasteiger charge is 2.50. The van der Waals surface area contributed by atoms with Gasteiger partial charge in [0.1, 0.15) is 11.4 Å². The van der Waals surface area contributed by atoms with Gasteiger partial charge < -0.3 is 15.8 Å². The molecule has 0 spiro atoms. The molecule has 172 valence electrons. The van der Waals surface area contributed by atoms with Crippen LogP contribution in [0.1, 0.15) is 41.5 Å². The highest BCUT2D eigenvalue weighted by molar-refractivity contribution is 6.02. The fourth-order valence-corrected chi connectivity index (χ4v) is 3.03. The maximum Gasteiger partial charge on any atom is 0.425 e. The minimum absolute atomic E-state index is 0.353. The predicted molar refractivity (Wildman–Crippen MR) is 95.8 cm³/mol. The number of benzene rings is 1. The van der Waals surface area contributed by atoms with Gasteiger partial charge in [-0.15, -0.1) is 0 Å². The van der Waals surface area contributed by atoms with Crippen molar-refractivity contribution in [2.75, 3.05) is 5.32 Å². The van der Waals surface area contributed by atoms with Crippen LogP contribution in [-0.2, 0) is 10.3 Å². The van der Waals surface area contributed by atoms with E-state index in [4.69, 9.17) is 5.73 Å². The highest BCUT2D eigenvalue weighted by atomic mass is 19.4. The standard InChI is InChI=1S/C18H14F7N5O2/c1-17(4-12(18(23,24)25)32-16(26)30-17)8-2-7(3-9(19)13(8)20)29-15(31)11-6-27-10(5-28-11)14(21)22/h2-3,5-6,12,14H,4H2,1H3,(H2,26,30)(H,29,31). The summed E-state index contributed by atoms with van der Waals surface area (Å²) < 4.78 is 97.7. The Morgan fingerprint density at radius 2 is 1.94 bits per heavy atom. The molecule has 0 bridgehead atoms. The molecule has 1 amide bonds. The van der Waals surface area contributed by atoms with Gasteiger partial charge in [0.25, 0.3) is 18.4 Å². The molecule has 2 unspecified atom stereocenters. The summed E-state index contributed by atoms with van der Waals surface area (Å²) in [5, 5.41) is 2.16. The van der Waals surface area contributed by atoms with Crippen LogP contribution in [0.2, 0.25) is 0 Å². The molecule has 3 N–H and O–H groups in total. The first-order chi connectivity index (χ1) is 14.8. The highest BCUT2D eigenvalue weighted by Crippen LogP contribution is 2.41. The van der Waals surface area contributed by atoms with Gasteiger partial charge in [-0.3, -0.25) is 9.78 Å². The second-order valence-electron chi connectivity index (χ2n) is 6.98. The number of aliphatic imine (C=N–C) groups is 1. The molecule has 0 aliphatic carbocycles. The van der Waals surface area contributed by atoms with E-state index in [2.05, 4.69) is 25.0 Å². The van der Waals surface area contributed by atoms with E-state index in [0.29, 0.717) is 12.3 Å². The van der Waals surface area contributed by atoms with Gasteiger partial charge in [-0.1, -0.05) is 0 Å². The number of halogens is 7. The topological polar surface area (TPSA) is 102 Å². The molecule has 2 atom stereocenters. The zero-order valence-electron chi connectivity index (χ0n) is 16.1. The molecule has 0 radical (unpaired) electrons. The number of nitrogens with two attached hydrogens (primary N) is 1. The number of nitrogens with one attached hydrogen (secondary N) is 1. The molecule has 1 aliphatic rings. The van der Waals surface area contributed by atoms with Crippen molar-refractivity contribution in [2.24, 2.45) is 10.7 Å². The maximum absolute atomic E-state index is 14.5. The summed E-state index contributed by atoms with van der Waals surface area (Å²) in [6, 6.07) is 0.589. The molecule has 2 aromatic rings. The van der Waals surface area contributed by atoms with Crippen LogP contribution in [0, 0.1) is 11.6 Å². The van der Waals surface area contributed by atoms with Crippen LogP contribution in [0.5, 0.6) is 0 Å². The molecule has 1 aliphatic heterocycles. The second kappa shape index (κ2) is 8.24. The number of anilines is 1. The summed E-state index contributed by atoms with van der Waals surface area (Å²) in [7, 11) is 0. The predicted octanol–water partition coefficient (Wildman–Crippen LogP) is 3.83. The van der Waals surface area contributed by atoms with Crippen molar-refractivity contribution in [3.8, 4) is 0 Å². The van der Waals surface area contributed by atoms with Crippen LogP contribution < -0.4 is 11.1 Å². The van der Waals surface area contributed by atoms with E-state index in [0.717, 1.165) is 19.2 Å². The first-order valence-corrected chi connectivity index (χ1v) is 8.80. The average molecular weight is 465 g/mol. The number of nitrogens with zero attached hydrogens (tertiary/aromatic N) is 3. The summed E-state index contributed by atoms with van der Waals surface area (Å²) in [4.78, 5) is 22.8. The van der Waals surface area contributed by atoms with E-state index >= 15 is 0 Å². The fourth-order valence-electron chi connectivity index (χ4n) is 3.03. The molecule has 32 heavy (non-hydrogen) atoms. The summed E-state index contributed by atoms with van der Waals surface area (Å²) in [6.45, 7) is 1.10. The summed E-state index contributed by atoms with van der Waals surface area (Å²) >= 11 is 0. The van der Waals surface area contributed by atoms with E-state index in [1.807, 2.05) is 0 Å². The SMILES string of the molecule is CC1(c2cc(NC(=O)c3cnc(C(F)F)cn3)cc(F)c2F)CC(C(F)(F)F)OC(N)=N1. The molecule has 0 fully saturated rings. The smallest absolute Gasteiger partial charge is 0.425 e. The van der Waals surface area contributed by atoms with E-state index in [9.17, 15) is 35.5 Å². The third kappa shape index (κ3) is 4.73. The lowest BCUT2D eigenvalue weighted by molar-refractivity contribution is -0.208. The molecular weight excluding hydrogens is 451 g/mol. The molecule has 7 nitrogen and oxygen atoms in total. The van der Waals surface area contributed by atoms with Crippen molar-refractivity contribution in [3.05, 3.63) is 53.1 Å². The Hall–Kier alpha value is -3.45. The zero-order chi connectivity index (χ0) is 23.8. The third-order valence-electron chi connectivity index (χ3n) is 4.56. The van der Waals surface area contributed by atoms with Gasteiger partial charge >= 0.3 is 6.18 Å². The van der Waals surface area contributed by atoms with Gasteiger partial charge in [-0.05, 0) is 13.0 Å². The maximum atomic E-state index is 14.5. The lowest BCUT2D eigenvalue weighted by atomic mass is 9.85. The van der Waals surface area contributed by atoms with Crippen molar-refractivity contribution in [1.82, 2.24) is 9.97 Å². The Morgan fingerprint density at radius 3 is 2.50 bits per heavy atom. The Morgan fingerprint density at radius 1 is 1.25 bits per heavy atom. The number of ether oxygens (including phenoxy) is 1. The van der Waals surface area contributed by atoms with Gasteiger partial charge in [-0.2, -0.15) is 13.2 Å². The van der Waals surface area contributed by atoms with Crippen molar-refractivity contribution in [2.45, 2.75) is 37.6 Å². The van der Waals surface area contributed by atoms with Gasteiger partial charge in [0.2, 0.25) is 0 Å². The monoisotopic (exact) mass is 465 g/mol. The van der Waals surface area contributed by atoms with Crippen LogP contribution in [-0.4, -0.2) is 34.2 Å². The third-order valence-corrected chi connectivity index (χ3v) is 4.56. The first-order valence-electron chi connectivity index (χ1n) is 8.80. The summed E-state index contributed by atoms with van der Waals surface area (Å²) in [5.74, 6) is -3.99. The Labute approximate surface area is 175 Å². The van der Waals surface area contributed by atoms with Crippen LogP contribution in [0.3, 0.4) is 0 Å². The first kappa shape index (κ1) is 23.2. The lowest BCUT2D eigenvalue weighted by Gasteiger charge is -2.36. The number of aromatic nitrogens is 2. The van der Waals surface area contributed by atoms with Crippen molar-refractivity contribution in [1.29, 1.82) is 0 Å². The van der Waals surface area contributed by atoms with Gasteiger partial charge in [-0.25, -0.2) is 27.5 Å². The number of amides is 1. The van der Waals surface area contributed by atoms with Crippen molar-refractivity contribution < 1.29 is 40.3 Å². The Balaban J connectivity index is 1.94. The van der Waals surface area contributed by atoms with E-state index in [1.54, 1.807) is 0 Å². The zero-order valence-corrected chi connectivity index (χ0v) is 16.1. The minimum Gasteiger partial charge on any atom is -0.452 e. The van der Waals surface area contributed by atoms with Crippen molar-refractivity contribution in [3.63, 3.8) is 0 Å². The quantitative estimate of drug-likeness (QED) is 0.669. The lowest BCUT2D eigenvalue weighted by Crippen LogP contribution is -2.46. The number of rotatable bonds is 4. The molecule has 0 saturated carbocycles. The summed E-state index contributed by atoms with van der Waals surface area (Å²) in [5.41, 5.74) is 1.27. The molecule has 14 heteroatoms. The molecule has 0 saturated heterocycles. The van der Waals surface area contributed by atoms with Crippen LogP contribution in [0.4, 0.5) is 36.4 Å². The number of hydrogen-bond acceptors (Lipinski definition) is 6. The normalized spacial score (nSPS) is 21.2. The second-order valence-corrected chi connectivity index (χ2v) is 6.98. The molecule has 1 aromatic heterocycles. The van der Waals surface area contributed by atoms with Crippen LogP contribution >= 0.6 is 0 Å². The number of alkyl halides is 5. The number of carbonyl (C=O) groups is 1. The van der Waals surface area contributed by atoms with Crippen LogP contribution in [0.15, 0.2) is 29.5 Å². The largest absolute Gasteiger partial charge is 0.452 e. The minimum atomic E-state index is -4.86. The molecular formula is C18H14F7N5O2. The molecule has 3 rings (SSSR count). The van der Waals surface area contributed by atoms with Gasteiger partial charge in [0.15, 0.2) is 17.7 Å². The fraction of sp³-hybridized carbons (Fsp3) is 0.333. The average Bonchev–Trinajstić information content (AvgIpc) is 2.69. The molecule has 2 heterocycles. The van der Waals surface area contributed by atoms with E-state index < -0.39 is 71.2 Å². The number of carbonyl (C=O) groups excluding carboxylic acids is 1. The van der Waals surface area contributed by atoms with Crippen molar-refractivity contribution >= 4 is 17.6 Å². The van der Waals surface area contributed by atoms with Gasteiger partial charge in [0.05, 0.1) is 17.9 Å². The van der Waals surface area contributed by atoms with Crippen LogP contribution in [0.25, 0.3) is 0 Å². The Bertz CT molecular complexity index is 1060.